The first-order chi connectivity index (χ1) is 10.6. The molecule has 0 heterocycles. The molecule has 0 radical (unpaired) electrons. The van der Waals surface area contributed by atoms with Gasteiger partial charge in [-0.05, 0) is 61.7 Å². The molecule has 1 amide bonds. The second kappa shape index (κ2) is 6.07. The molecule has 0 aliphatic rings. The molecule has 2 aromatic carbocycles. The standard InChI is InChI=1S/C18H18F3NO/c1-11-7-12(2)9-16(8-11)22(14(4)23)17-10-15(18(19,20)21)6-5-13(17)3/h5-10H,1-4H3. The molecule has 0 saturated heterocycles. The maximum atomic E-state index is 13.0. The first-order valence-corrected chi connectivity index (χ1v) is 7.16. The van der Waals surface area contributed by atoms with Crippen molar-refractivity contribution < 1.29 is 18.0 Å². The van der Waals surface area contributed by atoms with Crippen molar-refractivity contribution >= 4 is 17.3 Å². The monoisotopic (exact) mass is 321 g/mol. The van der Waals surface area contributed by atoms with Gasteiger partial charge < -0.3 is 0 Å². The average Bonchev–Trinajstić information content (AvgIpc) is 2.38. The van der Waals surface area contributed by atoms with Crippen LogP contribution in [-0.2, 0) is 11.0 Å². The molecule has 5 heteroatoms. The van der Waals surface area contributed by atoms with Gasteiger partial charge in [-0.2, -0.15) is 13.2 Å². The van der Waals surface area contributed by atoms with Crippen LogP contribution in [-0.4, -0.2) is 5.91 Å². The van der Waals surface area contributed by atoms with Gasteiger partial charge in [0.05, 0.1) is 11.3 Å². The van der Waals surface area contributed by atoms with Gasteiger partial charge in [-0.15, -0.1) is 0 Å². The molecule has 0 aliphatic carbocycles. The number of alkyl halides is 3. The van der Waals surface area contributed by atoms with Crippen molar-refractivity contribution in [2.75, 3.05) is 4.90 Å². The summed E-state index contributed by atoms with van der Waals surface area (Å²) in [7, 11) is 0. The van der Waals surface area contributed by atoms with Gasteiger partial charge in [0, 0.05) is 12.6 Å². The van der Waals surface area contributed by atoms with Crippen molar-refractivity contribution in [3.05, 3.63) is 58.7 Å². The Labute approximate surface area is 133 Å². The summed E-state index contributed by atoms with van der Waals surface area (Å²) in [6, 6.07) is 8.95. The lowest BCUT2D eigenvalue weighted by Gasteiger charge is -2.25. The normalized spacial score (nSPS) is 11.4. The van der Waals surface area contributed by atoms with Crippen LogP contribution in [0.25, 0.3) is 0 Å². The Balaban J connectivity index is 2.65. The molecule has 0 aliphatic heterocycles. The third kappa shape index (κ3) is 3.73. The molecule has 0 atom stereocenters. The third-order valence-electron chi connectivity index (χ3n) is 3.56. The molecule has 0 N–H and O–H groups in total. The zero-order valence-electron chi connectivity index (χ0n) is 13.5. The van der Waals surface area contributed by atoms with Crippen molar-refractivity contribution in [3.8, 4) is 0 Å². The van der Waals surface area contributed by atoms with Crippen LogP contribution < -0.4 is 4.90 Å². The average molecular weight is 321 g/mol. The van der Waals surface area contributed by atoms with E-state index in [0.717, 1.165) is 23.3 Å². The van der Waals surface area contributed by atoms with Crippen LogP contribution in [0, 0.1) is 20.8 Å². The summed E-state index contributed by atoms with van der Waals surface area (Å²) in [5.74, 6) is -0.336. The Morgan fingerprint density at radius 1 is 0.957 bits per heavy atom. The highest BCUT2D eigenvalue weighted by Crippen LogP contribution is 2.36. The third-order valence-corrected chi connectivity index (χ3v) is 3.56. The number of carbonyl (C=O) groups excluding carboxylic acids is 1. The van der Waals surface area contributed by atoms with Crippen LogP contribution in [0.1, 0.15) is 29.2 Å². The second-order valence-corrected chi connectivity index (χ2v) is 5.70. The number of halogens is 3. The molecule has 0 unspecified atom stereocenters. The lowest BCUT2D eigenvalue weighted by molar-refractivity contribution is -0.137. The first kappa shape index (κ1) is 17.1. The number of hydrogen-bond acceptors (Lipinski definition) is 1. The number of hydrogen-bond donors (Lipinski definition) is 0. The lowest BCUT2D eigenvalue weighted by atomic mass is 10.1. The molecule has 0 spiro atoms. The minimum absolute atomic E-state index is 0.248. The van der Waals surface area contributed by atoms with Gasteiger partial charge in [-0.1, -0.05) is 12.1 Å². The summed E-state index contributed by atoms with van der Waals surface area (Å²) in [5.41, 5.74) is 2.53. The maximum Gasteiger partial charge on any atom is 0.416 e. The summed E-state index contributed by atoms with van der Waals surface area (Å²) in [4.78, 5) is 13.4. The summed E-state index contributed by atoms with van der Waals surface area (Å²) < 4.78 is 39.0. The van der Waals surface area contributed by atoms with E-state index in [4.69, 9.17) is 0 Å². The molecule has 122 valence electrons. The van der Waals surface area contributed by atoms with E-state index in [1.165, 1.54) is 17.9 Å². The number of benzene rings is 2. The number of amides is 1. The lowest BCUT2D eigenvalue weighted by Crippen LogP contribution is -2.24. The van der Waals surface area contributed by atoms with Gasteiger partial charge in [-0.25, -0.2) is 0 Å². The fraction of sp³-hybridized carbons (Fsp3) is 0.278. The minimum Gasteiger partial charge on any atom is -0.281 e. The number of anilines is 2. The van der Waals surface area contributed by atoms with E-state index < -0.39 is 11.7 Å². The largest absolute Gasteiger partial charge is 0.416 e. The highest BCUT2D eigenvalue weighted by Gasteiger charge is 2.32. The predicted molar refractivity (Wildman–Crippen MR) is 84.9 cm³/mol. The van der Waals surface area contributed by atoms with Gasteiger partial charge in [-0.3, -0.25) is 9.69 Å². The number of carbonyl (C=O) groups is 1. The van der Waals surface area contributed by atoms with Crippen LogP contribution in [0.5, 0.6) is 0 Å². The van der Waals surface area contributed by atoms with Gasteiger partial charge in [0.15, 0.2) is 0 Å². The summed E-state index contributed by atoms with van der Waals surface area (Å²) in [5, 5.41) is 0. The van der Waals surface area contributed by atoms with Gasteiger partial charge in [0.25, 0.3) is 0 Å². The van der Waals surface area contributed by atoms with Crippen molar-refractivity contribution in [2.24, 2.45) is 0 Å². The van der Waals surface area contributed by atoms with Gasteiger partial charge >= 0.3 is 6.18 Å². The SMILES string of the molecule is CC(=O)N(c1cc(C)cc(C)c1)c1cc(C(F)(F)F)ccc1C. The van der Waals surface area contributed by atoms with E-state index in [9.17, 15) is 18.0 Å². The van der Waals surface area contributed by atoms with Gasteiger partial charge in [0.2, 0.25) is 5.91 Å². The van der Waals surface area contributed by atoms with Crippen LogP contribution in [0.2, 0.25) is 0 Å². The van der Waals surface area contributed by atoms with Crippen LogP contribution in [0.15, 0.2) is 36.4 Å². The van der Waals surface area contributed by atoms with Crippen molar-refractivity contribution in [3.63, 3.8) is 0 Å². The highest BCUT2D eigenvalue weighted by atomic mass is 19.4. The number of nitrogens with zero attached hydrogens (tertiary/aromatic N) is 1. The Morgan fingerprint density at radius 3 is 2.00 bits per heavy atom. The van der Waals surface area contributed by atoms with Crippen LogP contribution in [0.3, 0.4) is 0 Å². The fourth-order valence-corrected chi connectivity index (χ4v) is 2.60. The van der Waals surface area contributed by atoms with Crippen LogP contribution in [0.4, 0.5) is 24.5 Å². The number of rotatable bonds is 2. The zero-order valence-corrected chi connectivity index (χ0v) is 13.5. The van der Waals surface area contributed by atoms with E-state index in [-0.39, 0.29) is 11.6 Å². The van der Waals surface area contributed by atoms with Crippen molar-refractivity contribution in [2.45, 2.75) is 33.9 Å². The molecular formula is C18H18F3NO. The Morgan fingerprint density at radius 2 is 1.52 bits per heavy atom. The van der Waals surface area contributed by atoms with Crippen molar-refractivity contribution in [1.29, 1.82) is 0 Å². The molecule has 0 fully saturated rings. The Bertz CT molecular complexity index is 730. The van der Waals surface area contributed by atoms with Gasteiger partial charge in [0.1, 0.15) is 0 Å². The molecule has 0 aromatic heterocycles. The summed E-state index contributed by atoms with van der Waals surface area (Å²) in [6.45, 7) is 6.80. The highest BCUT2D eigenvalue weighted by molar-refractivity contribution is 6.00. The van der Waals surface area contributed by atoms with E-state index in [2.05, 4.69) is 0 Å². The van der Waals surface area contributed by atoms with Crippen molar-refractivity contribution in [1.82, 2.24) is 0 Å². The summed E-state index contributed by atoms with van der Waals surface area (Å²) in [6.07, 6.45) is -4.45. The quantitative estimate of drug-likeness (QED) is 0.733. The zero-order chi connectivity index (χ0) is 17.4. The fourth-order valence-electron chi connectivity index (χ4n) is 2.60. The van der Waals surface area contributed by atoms with E-state index in [1.807, 2.05) is 19.9 Å². The topological polar surface area (TPSA) is 20.3 Å². The molecule has 2 rings (SSSR count). The Kier molecular flexibility index (Phi) is 4.50. The summed E-state index contributed by atoms with van der Waals surface area (Å²) >= 11 is 0. The first-order valence-electron chi connectivity index (χ1n) is 7.16. The van der Waals surface area contributed by atoms with E-state index in [0.29, 0.717) is 11.3 Å². The maximum absolute atomic E-state index is 13.0. The molecule has 2 nitrogen and oxygen atoms in total. The Hall–Kier alpha value is -2.30. The smallest absolute Gasteiger partial charge is 0.281 e. The van der Waals surface area contributed by atoms with Crippen LogP contribution >= 0.6 is 0 Å². The predicted octanol–water partition coefficient (Wildman–Crippen LogP) is 5.32. The second-order valence-electron chi connectivity index (χ2n) is 5.70. The molecule has 0 saturated carbocycles. The number of aryl methyl sites for hydroxylation is 3. The molecule has 2 aromatic rings. The minimum atomic E-state index is -4.45. The molecule has 0 bridgehead atoms. The molecular weight excluding hydrogens is 303 g/mol. The van der Waals surface area contributed by atoms with E-state index in [1.54, 1.807) is 19.1 Å². The molecule has 23 heavy (non-hydrogen) atoms. The van der Waals surface area contributed by atoms with E-state index >= 15 is 0 Å².